The minimum atomic E-state index is -0.104. The molecule has 21 heavy (non-hydrogen) atoms. The van der Waals surface area contributed by atoms with Gasteiger partial charge in [-0.3, -0.25) is 16.0 Å². The molecule has 0 aliphatic carbocycles. The molecule has 6 nitrogen and oxygen atoms in total. The lowest BCUT2D eigenvalue weighted by Gasteiger charge is -2.18. The summed E-state index contributed by atoms with van der Waals surface area (Å²) in [6.45, 7) is 3.64. The van der Waals surface area contributed by atoms with Crippen LogP contribution in [0.15, 0.2) is 11.6 Å². The molecule has 0 saturated carbocycles. The minimum absolute atomic E-state index is 0.104. The molecule has 0 aliphatic heterocycles. The summed E-state index contributed by atoms with van der Waals surface area (Å²) >= 11 is 7.93. The molecule has 116 valence electrons. The van der Waals surface area contributed by atoms with Gasteiger partial charge in [-0.2, -0.15) is 5.10 Å². The van der Waals surface area contributed by atoms with Crippen molar-refractivity contribution in [1.29, 1.82) is 0 Å². The molecule has 0 aromatic carbocycles. The Kier molecular flexibility index (Phi) is 5.72. The number of hydrazine groups is 1. The molecule has 8 heteroatoms. The Morgan fingerprint density at radius 2 is 2.29 bits per heavy atom. The monoisotopic (exact) mass is 328 g/mol. The Hall–Kier alpha value is -0.990. The van der Waals surface area contributed by atoms with Gasteiger partial charge >= 0.3 is 0 Å². The maximum absolute atomic E-state index is 6.30. The van der Waals surface area contributed by atoms with E-state index in [9.17, 15) is 0 Å². The van der Waals surface area contributed by atoms with Gasteiger partial charge in [-0.1, -0.05) is 11.6 Å². The molecule has 2 aromatic rings. The van der Waals surface area contributed by atoms with Crippen molar-refractivity contribution in [3.63, 3.8) is 0 Å². The van der Waals surface area contributed by atoms with Crippen LogP contribution >= 0.6 is 22.9 Å². The van der Waals surface area contributed by atoms with E-state index >= 15 is 0 Å². The molecule has 0 radical (unpaired) electrons. The number of nitrogens with two attached hydrogens (primary N) is 1. The highest BCUT2D eigenvalue weighted by Crippen LogP contribution is 2.26. The normalized spacial score (nSPS) is 13.0. The van der Waals surface area contributed by atoms with Gasteiger partial charge in [0, 0.05) is 24.0 Å². The molecule has 0 amide bonds. The highest BCUT2D eigenvalue weighted by atomic mass is 35.5. The molecule has 1 unspecified atom stereocenters. The number of aryl methyl sites for hydroxylation is 1. The number of nitrogens with one attached hydrogen (secondary N) is 1. The molecule has 0 aliphatic rings. The molecule has 3 N–H and O–H groups in total. The summed E-state index contributed by atoms with van der Waals surface area (Å²) in [5.74, 6) is 5.73. The van der Waals surface area contributed by atoms with Gasteiger partial charge in [-0.05, 0) is 21.0 Å². The maximum atomic E-state index is 6.30. The van der Waals surface area contributed by atoms with E-state index in [2.05, 4.69) is 20.4 Å². The Morgan fingerprint density at radius 1 is 1.52 bits per heavy atom. The van der Waals surface area contributed by atoms with Crippen LogP contribution in [-0.2, 0) is 13.0 Å². The zero-order chi connectivity index (χ0) is 15.4. The van der Waals surface area contributed by atoms with Crippen LogP contribution in [0.1, 0.15) is 22.4 Å². The average molecular weight is 329 g/mol. The third kappa shape index (κ3) is 4.24. The molecule has 0 fully saturated rings. The van der Waals surface area contributed by atoms with Crippen molar-refractivity contribution in [3.8, 4) is 0 Å². The van der Waals surface area contributed by atoms with Crippen molar-refractivity contribution in [1.82, 2.24) is 25.1 Å². The second-order valence-corrected chi connectivity index (χ2v) is 6.56. The van der Waals surface area contributed by atoms with Crippen molar-refractivity contribution in [2.24, 2.45) is 5.84 Å². The first-order chi connectivity index (χ1) is 10.0. The number of thiazole rings is 1. The third-order valence-corrected chi connectivity index (χ3v) is 4.45. The number of nitrogens with zero attached hydrogens (tertiary/aromatic N) is 4. The number of aromatic nitrogens is 3. The fourth-order valence-corrected chi connectivity index (χ4v) is 3.19. The fourth-order valence-electron chi connectivity index (χ4n) is 2.10. The summed E-state index contributed by atoms with van der Waals surface area (Å²) in [5.41, 5.74) is 4.78. The van der Waals surface area contributed by atoms with Crippen LogP contribution in [0.3, 0.4) is 0 Å². The second-order valence-electron chi connectivity index (χ2n) is 5.21. The molecule has 2 rings (SSSR count). The summed E-state index contributed by atoms with van der Waals surface area (Å²) in [4.78, 5) is 6.59. The average Bonchev–Trinajstić information content (AvgIpc) is 3.00. The first-order valence-electron chi connectivity index (χ1n) is 6.74. The minimum Gasteiger partial charge on any atom is -0.308 e. The summed E-state index contributed by atoms with van der Waals surface area (Å²) in [6.07, 6.45) is 2.37. The molecule has 2 aromatic heterocycles. The summed E-state index contributed by atoms with van der Waals surface area (Å²) < 4.78 is 1.91. The molecule has 1 atom stereocenters. The molecule has 0 bridgehead atoms. The number of hydrogen-bond donors (Lipinski definition) is 2. The van der Waals surface area contributed by atoms with Gasteiger partial charge in [0.15, 0.2) is 0 Å². The predicted molar refractivity (Wildman–Crippen MR) is 86.4 cm³/mol. The Bertz CT molecular complexity index is 579. The maximum Gasteiger partial charge on any atom is 0.0948 e. The van der Waals surface area contributed by atoms with E-state index in [-0.39, 0.29) is 6.04 Å². The van der Waals surface area contributed by atoms with Gasteiger partial charge in [-0.15, -0.1) is 11.3 Å². The molecular formula is C13H21ClN6S. The van der Waals surface area contributed by atoms with Crippen molar-refractivity contribution in [2.45, 2.75) is 25.9 Å². The van der Waals surface area contributed by atoms with E-state index in [4.69, 9.17) is 17.4 Å². The SMILES string of the molecule is Cc1csc(CC(NN)c2c(Cl)cnn2CCN(C)C)n1. The van der Waals surface area contributed by atoms with Gasteiger partial charge < -0.3 is 4.90 Å². The summed E-state index contributed by atoms with van der Waals surface area (Å²) in [6, 6.07) is -0.104. The number of likely N-dealkylation sites (N-methyl/N-ethyl adjacent to an activating group) is 1. The van der Waals surface area contributed by atoms with E-state index in [1.807, 2.05) is 31.1 Å². The quantitative estimate of drug-likeness (QED) is 0.597. The van der Waals surface area contributed by atoms with E-state index in [1.54, 1.807) is 17.5 Å². The molecule has 2 heterocycles. The Morgan fingerprint density at radius 3 is 2.86 bits per heavy atom. The van der Waals surface area contributed by atoms with E-state index in [0.29, 0.717) is 11.4 Å². The van der Waals surface area contributed by atoms with Crippen LogP contribution in [0.25, 0.3) is 0 Å². The van der Waals surface area contributed by atoms with Gasteiger partial charge in [0.05, 0.1) is 34.5 Å². The topological polar surface area (TPSA) is 72.0 Å². The predicted octanol–water partition coefficient (Wildman–Crippen LogP) is 1.61. The molecular weight excluding hydrogens is 308 g/mol. The lowest BCUT2D eigenvalue weighted by molar-refractivity contribution is 0.362. The van der Waals surface area contributed by atoms with E-state index in [1.165, 1.54) is 0 Å². The van der Waals surface area contributed by atoms with Crippen molar-refractivity contribution < 1.29 is 0 Å². The number of hydrogen-bond acceptors (Lipinski definition) is 6. The lowest BCUT2D eigenvalue weighted by atomic mass is 10.1. The van der Waals surface area contributed by atoms with Gasteiger partial charge in [0.1, 0.15) is 0 Å². The zero-order valence-corrected chi connectivity index (χ0v) is 14.1. The summed E-state index contributed by atoms with van der Waals surface area (Å²) in [7, 11) is 4.06. The Balaban J connectivity index is 2.18. The highest BCUT2D eigenvalue weighted by molar-refractivity contribution is 7.09. The van der Waals surface area contributed by atoms with Crippen LogP contribution < -0.4 is 11.3 Å². The van der Waals surface area contributed by atoms with E-state index < -0.39 is 0 Å². The largest absolute Gasteiger partial charge is 0.308 e. The number of rotatable bonds is 7. The summed E-state index contributed by atoms with van der Waals surface area (Å²) in [5, 5.41) is 8.05. The van der Waals surface area contributed by atoms with Gasteiger partial charge in [0.2, 0.25) is 0 Å². The van der Waals surface area contributed by atoms with Crippen molar-refractivity contribution in [3.05, 3.63) is 33.0 Å². The second kappa shape index (κ2) is 7.33. The van der Waals surface area contributed by atoms with E-state index in [0.717, 1.165) is 29.5 Å². The highest BCUT2D eigenvalue weighted by Gasteiger charge is 2.21. The molecule has 0 spiro atoms. The van der Waals surface area contributed by atoms with Crippen LogP contribution in [-0.4, -0.2) is 40.3 Å². The first kappa shape index (κ1) is 16.4. The van der Waals surface area contributed by atoms with Crippen LogP contribution in [0.5, 0.6) is 0 Å². The van der Waals surface area contributed by atoms with Crippen molar-refractivity contribution >= 4 is 22.9 Å². The molecule has 0 saturated heterocycles. The van der Waals surface area contributed by atoms with Crippen LogP contribution in [0.4, 0.5) is 0 Å². The van der Waals surface area contributed by atoms with Gasteiger partial charge in [0.25, 0.3) is 0 Å². The van der Waals surface area contributed by atoms with Gasteiger partial charge in [-0.25, -0.2) is 4.98 Å². The Labute approximate surface area is 133 Å². The zero-order valence-electron chi connectivity index (χ0n) is 12.5. The number of halogens is 1. The van der Waals surface area contributed by atoms with Crippen molar-refractivity contribution in [2.75, 3.05) is 20.6 Å². The lowest BCUT2D eigenvalue weighted by Crippen LogP contribution is -2.32. The first-order valence-corrected chi connectivity index (χ1v) is 8.00. The third-order valence-electron chi connectivity index (χ3n) is 3.17. The standard InChI is InChI=1S/C13H21ClN6S/c1-9-8-21-12(17-9)6-11(18-15)13-10(14)7-16-20(13)5-4-19(2)3/h7-8,11,18H,4-6,15H2,1-3H3. The fraction of sp³-hybridized carbons (Fsp3) is 0.538. The smallest absolute Gasteiger partial charge is 0.0948 e. The van der Waals surface area contributed by atoms with Crippen LogP contribution in [0, 0.1) is 6.92 Å². The van der Waals surface area contributed by atoms with Crippen LogP contribution in [0.2, 0.25) is 5.02 Å².